The highest BCUT2D eigenvalue weighted by Gasteiger charge is 2.44. The lowest BCUT2D eigenvalue weighted by Gasteiger charge is -2.38. The van der Waals surface area contributed by atoms with Crippen molar-refractivity contribution in [1.82, 2.24) is 10.2 Å². The second-order valence-corrected chi connectivity index (χ2v) is 8.44. The first-order valence-electron chi connectivity index (χ1n) is 10.8. The van der Waals surface area contributed by atoms with Crippen LogP contribution in [0.5, 0.6) is 0 Å². The molecule has 150 valence electrons. The Bertz CT molecular complexity index is 950. The summed E-state index contributed by atoms with van der Waals surface area (Å²) < 4.78 is 13.3. The minimum atomic E-state index is -0.220. The van der Waals surface area contributed by atoms with Crippen LogP contribution in [0.2, 0.25) is 0 Å². The number of benzene rings is 2. The number of fused-ring (bicyclic) bond motifs is 1. The molecule has 2 aromatic rings. The van der Waals surface area contributed by atoms with Crippen LogP contribution in [0.3, 0.4) is 0 Å². The molecule has 2 atom stereocenters. The maximum Gasteiger partial charge on any atom is 0.251 e. The molecule has 2 aromatic carbocycles. The van der Waals surface area contributed by atoms with E-state index >= 15 is 0 Å². The minimum Gasteiger partial charge on any atom is -0.312 e. The van der Waals surface area contributed by atoms with Crippen LogP contribution >= 0.6 is 0 Å². The van der Waals surface area contributed by atoms with E-state index in [2.05, 4.69) is 34.5 Å². The number of nitrogens with one attached hydrogen (secondary N) is 1. The molecular formula is C25H27FN2O. The number of nitrogens with zero attached hydrogens (tertiary/aromatic N) is 1. The van der Waals surface area contributed by atoms with Crippen LogP contribution in [0, 0.1) is 5.82 Å². The summed E-state index contributed by atoms with van der Waals surface area (Å²) in [6.07, 6.45) is 7.30. The summed E-state index contributed by atoms with van der Waals surface area (Å²) in [6.45, 7) is 0.625. The van der Waals surface area contributed by atoms with Gasteiger partial charge in [-0.15, -0.1) is 0 Å². The highest BCUT2D eigenvalue weighted by atomic mass is 19.1. The molecule has 29 heavy (non-hydrogen) atoms. The van der Waals surface area contributed by atoms with Gasteiger partial charge in [-0.3, -0.25) is 10.1 Å². The van der Waals surface area contributed by atoms with Crippen molar-refractivity contribution >= 4 is 5.91 Å². The van der Waals surface area contributed by atoms with Gasteiger partial charge in [-0.05, 0) is 79.3 Å². The van der Waals surface area contributed by atoms with Gasteiger partial charge in [0.2, 0.25) is 0 Å². The fourth-order valence-corrected chi connectivity index (χ4v) is 5.29. The summed E-state index contributed by atoms with van der Waals surface area (Å²) in [4.78, 5) is 15.6. The van der Waals surface area contributed by atoms with Gasteiger partial charge in [0.05, 0.1) is 6.04 Å². The quantitative estimate of drug-likeness (QED) is 0.794. The predicted octanol–water partition coefficient (Wildman–Crippen LogP) is 5.03. The molecule has 0 saturated heterocycles. The molecule has 3 aliphatic rings. The molecule has 0 radical (unpaired) electrons. The number of carbonyl (C=O) groups is 1. The van der Waals surface area contributed by atoms with Crippen LogP contribution in [0.4, 0.5) is 4.39 Å². The Morgan fingerprint density at radius 2 is 1.76 bits per heavy atom. The van der Waals surface area contributed by atoms with E-state index in [0.29, 0.717) is 6.54 Å². The van der Waals surface area contributed by atoms with Gasteiger partial charge in [0.15, 0.2) is 0 Å². The molecule has 0 bridgehead atoms. The zero-order valence-corrected chi connectivity index (χ0v) is 16.7. The number of rotatable bonds is 4. The lowest BCUT2D eigenvalue weighted by atomic mass is 9.86. The van der Waals surface area contributed by atoms with Crippen molar-refractivity contribution in [2.24, 2.45) is 0 Å². The summed E-state index contributed by atoms with van der Waals surface area (Å²) in [5.74, 6) is 0.000479. The third-order valence-electron chi connectivity index (χ3n) is 6.70. The fraction of sp³-hybridized carbons (Fsp3) is 0.400. The lowest BCUT2D eigenvalue weighted by molar-refractivity contribution is -0.130. The van der Waals surface area contributed by atoms with E-state index in [9.17, 15) is 9.18 Å². The zero-order valence-electron chi connectivity index (χ0n) is 16.7. The molecule has 5 rings (SSSR count). The van der Waals surface area contributed by atoms with Crippen molar-refractivity contribution in [3.63, 3.8) is 0 Å². The number of aryl methyl sites for hydroxylation is 1. The van der Waals surface area contributed by atoms with Gasteiger partial charge in [0, 0.05) is 12.1 Å². The van der Waals surface area contributed by atoms with Crippen LogP contribution in [0.1, 0.15) is 61.3 Å². The lowest BCUT2D eigenvalue weighted by Crippen LogP contribution is -2.47. The molecule has 0 unspecified atom stereocenters. The van der Waals surface area contributed by atoms with Crippen LogP contribution in [-0.2, 0) is 17.8 Å². The number of hydrogen-bond donors (Lipinski definition) is 1. The average Bonchev–Trinajstić information content (AvgIpc) is 3.05. The van der Waals surface area contributed by atoms with Gasteiger partial charge in [0.25, 0.3) is 5.91 Å². The number of halogens is 1. The molecule has 3 nitrogen and oxygen atoms in total. The molecule has 0 fully saturated rings. The van der Waals surface area contributed by atoms with E-state index in [1.165, 1.54) is 28.8 Å². The van der Waals surface area contributed by atoms with Gasteiger partial charge >= 0.3 is 0 Å². The van der Waals surface area contributed by atoms with E-state index in [0.717, 1.165) is 56.1 Å². The summed E-state index contributed by atoms with van der Waals surface area (Å²) in [5.41, 5.74) is 6.04. The van der Waals surface area contributed by atoms with E-state index in [4.69, 9.17) is 0 Å². The standard InChI is InChI=1S/C25H27FN2O/c26-19-14-12-17(13-15-19)16-27-24-21-9-3-4-10-22(21)25(29)28(24)23-11-5-7-18-6-1-2-8-20(18)23/h1-2,6,8,12-15,23-24,27H,3-5,7,9-11,16H2/t23-,24+/m1/s1. The predicted molar refractivity (Wildman–Crippen MR) is 111 cm³/mol. The Morgan fingerprint density at radius 3 is 2.62 bits per heavy atom. The van der Waals surface area contributed by atoms with Gasteiger partial charge in [-0.25, -0.2) is 4.39 Å². The normalized spacial score (nSPS) is 23.9. The van der Waals surface area contributed by atoms with E-state index in [1.807, 2.05) is 12.1 Å². The van der Waals surface area contributed by atoms with Crippen molar-refractivity contribution in [2.75, 3.05) is 0 Å². The van der Waals surface area contributed by atoms with E-state index in [-0.39, 0.29) is 23.9 Å². The topological polar surface area (TPSA) is 32.3 Å². The Morgan fingerprint density at radius 1 is 0.966 bits per heavy atom. The maximum absolute atomic E-state index is 13.5. The fourth-order valence-electron chi connectivity index (χ4n) is 5.29. The van der Waals surface area contributed by atoms with Gasteiger partial charge in [-0.1, -0.05) is 36.4 Å². The number of amides is 1. The van der Waals surface area contributed by atoms with Crippen LogP contribution in [-0.4, -0.2) is 17.0 Å². The van der Waals surface area contributed by atoms with Gasteiger partial charge < -0.3 is 4.90 Å². The Hall–Kier alpha value is -2.46. The third-order valence-corrected chi connectivity index (χ3v) is 6.70. The molecule has 1 heterocycles. The van der Waals surface area contributed by atoms with Crippen LogP contribution < -0.4 is 5.32 Å². The zero-order chi connectivity index (χ0) is 19.8. The summed E-state index contributed by atoms with van der Waals surface area (Å²) in [5, 5.41) is 3.65. The van der Waals surface area contributed by atoms with Gasteiger partial charge in [0.1, 0.15) is 12.0 Å². The largest absolute Gasteiger partial charge is 0.312 e. The molecule has 0 saturated carbocycles. The van der Waals surface area contributed by atoms with Crippen molar-refractivity contribution in [2.45, 2.75) is 63.7 Å². The molecule has 4 heteroatoms. The molecule has 2 aliphatic carbocycles. The van der Waals surface area contributed by atoms with Crippen LogP contribution in [0.15, 0.2) is 59.7 Å². The summed E-state index contributed by atoms with van der Waals surface area (Å²) in [7, 11) is 0. The average molecular weight is 391 g/mol. The molecule has 0 spiro atoms. The first-order chi connectivity index (χ1) is 14.2. The highest BCUT2D eigenvalue weighted by molar-refractivity contribution is 5.98. The van der Waals surface area contributed by atoms with Gasteiger partial charge in [-0.2, -0.15) is 0 Å². The van der Waals surface area contributed by atoms with E-state index < -0.39 is 0 Å². The smallest absolute Gasteiger partial charge is 0.251 e. The minimum absolute atomic E-state index is 0.0565. The van der Waals surface area contributed by atoms with E-state index in [1.54, 1.807) is 0 Å². The summed E-state index contributed by atoms with van der Waals surface area (Å²) in [6, 6.07) is 15.3. The Balaban J connectivity index is 1.46. The monoisotopic (exact) mass is 390 g/mol. The third kappa shape index (κ3) is 3.40. The first-order valence-corrected chi connectivity index (χ1v) is 10.8. The Kier molecular flexibility index (Phi) is 4.96. The molecule has 0 aromatic heterocycles. The molecule has 1 amide bonds. The van der Waals surface area contributed by atoms with Crippen molar-refractivity contribution in [3.05, 3.63) is 82.2 Å². The second-order valence-electron chi connectivity index (χ2n) is 8.44. The van der Waals surface area contributed by atoms with Crippen molar-refractivity contribution in [3.8, 4) is 0 Å². The number of carbonyl (C=O) groups excluding carboxylic acids is 1. The second kappa shape index (κ2) is 7.75. The van der Waals surface area contributed by atoms with Crippen molar-refractivity contribution in [1.29, 1.82) is 0 Å². The highest BCUT2D eigenvalue weighted by Crippen LogP contribution is 2.43. The number of hydrogen-bond acceptors (Lipinski definition) is 2. The first kappa shape index (κ1) is 18.6. The SMILES string of the molecule is O=C1C2=C(CCCC2)[C@@H](NCc2ccc(F)cc2)N1[C@@H]1CCCc2ccccc21. The maximum atomic E-state index is 13.5. The molecule has 1 N–H and O–H groups in total. The van der Waals surface area contributed by atoms with Crippen molar-refractivity contribution < 1.29 is 9.18 Å². The van der Waals surface area contributed by atoms with Crippen LogP contribution in [0.25, 0.3) is 0 Å². The summed E-state index contributed by atoms with van der Waals surface area (Å²) >= 11 is 0. The molecule has 1 aliphatic heterocycles. The molecular weight excluding hydrogens is 363 g/mol. The Labute approximate surface area is 171 Å².